The Labute approximate surface area is 129 Å². The minimum absolute atomic E-state index is 0.262. The summed E-state index contributed by atoms with van der Waals surface area (Å²) in [6.07, 6.45) is -0.594. The van der Waals surface area contributed by atoms with Crippen LogP contribution in [-0.2, 0) is 19.0 Å². The van der Waals surface area contributed by atoms with Crippen molar-refractivity contribution in [3.8, 4) is 0 Å². The van der Waals surface area contributed by atoms with Crippen molar-refractivity contribution in [1.82, 2.24) is 4.90 Å². The third-order valence-electron chi connectivity index (χ3n) is 4.40. The van der Waals surface area contributed by atoms with Gasteiger partial charge in [-0.2, -0.15) is 0 Å². The molecule has 0 spiro atoms. The Morgan fingerprint density at radius 1 is 1.23 bits per heavy atom. The number of carbonyl (C=O) groups is 2. The van der Waals surface area contributed by atoms with Crippen LogP contribution < -0.4 is 0 Å². The second kappa shape index (κ2) is 4.58. The van der Waals surface area contributed by atoms with Crippen molar-refractivity contribution in [1.29, 1.82) is 0 Å². The molecule has 3 aliphatic rings. The first-order valence-electron chi connectivity index (χ1n) is 7.60. The Kier molecular flexibility index (Phi) is 3.24. The fraction of sp³-hybridized carbons (Fsp3) is 0.867. The van der Waals surface area contributed by atoms with Crippen LogP contribution in [0.5, 0.6) is 0 Å². The summed E-state index contributed by atoms with van der Waals surface area (Å²) in [7, 11) is 0. The number of amides is 1. The van der Waals surface area contributed by atoms with Gasteiger partial charge in [-0.15, -0.1) is 0 Å². The molecule has 7 nitrogen and oxygen atoms in total. The molecule has 3 fully saturated rings. The Bertz CT molecular complexity index is 511. The zero-order chi connectivity index (χ0) is 16.4. The lowest BCUT2D eigenvalue weighted by Crippen LogP contribution is -2.58. The maximum Gasteiger partial charge on any atom is 0.411 e. The van der Waals surface area contributed by atoms with Gasteiger partial charge in [0.1, 0.15) is 17.7 Å². The molecule has 5 atom stereocenters. The molecule has 124 valence electrons. The van der Waals surface area contributed by atoms with Crippen LogP contribution in [0, 0.1) is 5.92 Å². The van der Waals surface area contributed by atoms with Crippen LogP contribution in [0.2, 0.25) is 0 Å². The van der Waals surface area contributed by atoms with Crippen LogP contribution in [0.1, 0.15) is 41.0 Å². The molecule has 0 aromatic rings. The molecule has 1 N–H and O–H groups in total. The second-order valence-electron chi connectivity index (χ2n) is 7.70. The predicted molar refractivity (Wildman–Crippen MR) is 75.2 cm³/mol. The van der Waals surface area contributed by atoms with Crippen molar-refractivity contribution in [2.24, 2.45) is 5.92 Å². The third kappa shape index (κ3) is 2.36. The maximum absolute atomic E-state index is 12.5. The Morgan fingerprint density at radius 3 is 2.36 bits per heavy atom. The summed E-state index contributed by atoms with van der Waals surface area (Å²) in [5.74, 6) is -2.04. The molecule has 7 heteroatoms. The van der Waals surface area contributed by atoms with Crippen molar-refractivity contribution >= 4 is 12.1 Å². The lowest BCUT2D eigenvalue weighted by atomic mass is 9.95. The van der Waals surface area contributed by atoms with E-state index in [1.807, 2.05) is 0 Å². The van der Waals surface area contributed by atoms with Crippen LogP contribution in [0.4, 0.5) is 4.79 Å². The van der Waals surface area contributed by atoms with Gasteiger partial charge >= 0.3 is 12.1 Å². The molecule has 0 radical (unpaired) electrons. The minimum atomic E-state index is -1.02. The van der Waals surface area contributed by atoms with E-state index in [1.165, 1.54) is 4.90 Å². The van der Waals surface area contributed by atoms with E-state index in [-0.39, 0.29) is 24.2 Å². The standard InChI is InChI=1S/C15H23NO6/c1-14(2,3)22-13(19)16-8-6-7(9(16)12(17)18)10-11(8)21-15(4,5)20-10/h7-11H,6H2,1-5H3,(H,17,18)/t7-,8+,9+,10+,11+/m1/s1. The number of fused-ring (bicyclic) bond motifs is 5. The van der Waals surface area contributed by atoms with Gasteiger partial charge in [0.05, 0.1) is 12.1 Å². The predicted octanol–water partition coefficient (Wildman–Crippen LogP) is 1.60. The van der Waals surface area contributed by atoms with E-state index >= 15 is 0 Å². The topological polar surface area (TPSA) is 85.3 Å². The number of piperidine rings is 1. The van der Waals surface area contributed by atoms with Crippen LogP contribution in [0.3, 0.4) is 0 Å². The second-order valence-corrected chi connectivity index (χ2v) is 7.70. The number of hydrogen-bond acceptors (Lipinski definition) is 5. The lowest BCUT2D eigenvalue weighted by Gasteiger charge is -2.38. The van der Waals surface area contributed by atoms with Gasteiger partial charge in [-0.1, -0.05) is 0 Å². The number of aliphatic carboxylic acids is 1. The SMILES string of the molecule is CC(C)(C)OC(=O)N1[C@H](C(=O)O)[C@H]2C[C@H]1[C@@H]1OC(C)(C)O[C@@H]21. The summed E-state index contributed by atoms with van der Waals surface area (Å²) in [6, 6.07) is -1.23. The van der Waals surface area contributed by atoms with Gasteiger partial charge < -0.3 is 19.3 Å². The van der Waals surface area contributed by atoms with E-state index in [1.54, 1.807) is 34.6 Å². The van der Waals surface area contributed by atoms with Gasteiger partial charge in [0.15, 0.2) is 5.79 Å². The molecule has 2 saturated heterocycles. The first-order valence-corrected chi connectivity index (χ1v) is 7.60. The number of nitrogens with zero attached hydrogens (tertiary/aromatic N) is 1. The van der Waals surface area contributed by atoms with Crippen molar-refractivity contribution in [3.05, 3.63) is 0 Å². The molecule has 22 heavy (non-hydrogen) atoms. The number of carbonyl (C=O) groups excluding carboxylic acids is 1. The van der Waals surface area contributed by atoms with Crippen molar-refractivity contribution < 1.29 is 28.9 Å². The molecule has 2 heterocycles. The molecular weight excluding hydrogens is 290 g/mol. The highest BCUT2D eigenvalue weighted by Gasteiger charge is 2.66. The molecule has 2 bridgehead atoms. The van der Waals surface area contributed by atoms with Gasteiger partial charge in [-0.3, -0.25) is 4.90 Å². The highest BCUT2D eigenvalue weighted by molar-refractivity contribution is 5.82. The first-order chi connectivity index (χ1) is 10.0. The van der Waals surface area contributed by atoms with E-state index in [4.69, 9.17) is 14.2 Å². The summed E-state index contributed by atoms with van der Waals surface area (Å²) >= 11 is 0. The Morgan fingerprint density at radius 2 is 1.82 bits per heavy atom. The monoisotopic (exact) mass is 313 g/mol. The summed E-state index contributed by atoms with van der Waals surface area (Å²) in [5, 5.41) is 9.56. The van der Waals surface area contributed by atoms with Gasteiger partial charge in [-0.05, 0) is 41.0 Å². The van der Waals surface area contributed by atoms with E-state index in [0.29, 0.717) is 6.42 Å². The zero-order valence-corrected chi connectivity index (χ0v) is 13.5. The van der Waals surface area contributed by atoms with Crippen molar-refractivity contribution in [2.75, 3.05) is 0 Å². The van der Waals surface area contributed by atoms with Gasteiger partial charge in [-0.25, -0.2) is 9.59 Å². The Balaban J connectivity index is 1.87. The summed E-state index contributed by atoms with van der Waals surface area (Å²) in [4.78, 5) is 25.5. The van der Waals surface area contributed by atoms with E-state index < -0.39 is 29.5 Å². The molecule has 1 saturated carbocycles. The lowest BCUT2D eigenvalue weighted by molar-refractivity contribution is -0.157. The highest BCUT2D eigenvalue weighted by atomic mass is 16.8. The molecule has 2 aliphatic heterocycles. The molecule has 0 aromatic heterocycles. The van der Waals surface area contributed by atoms with Gasteiger partial charge in [0.2, 0.25) is 0 Å². The smallest absolute Gasteiger partial charge is 0.411 e. The molecule has 0 unspecified atom stereocenters. The quantitative estimate of drug-likeness (QED) is 0.791. The number of carboxylic acid groups (broad SMARTS) is 1. The number of hydrogen-bond donors (Lipinski definition) is 1. The fourth-order valence-electron chi connectivity index (χ4n) is 3.85. The number of likely N-dealkylation sites (tertiary alicyclic amines) is 1. The molecule has 1 aliphatic carbocycles. The van der Waals surface area contributed by atoms with Crippen molar-refractivity contribution in [3.63, 3.8) is 0 Å². The normalized spacial score (nSPS) is 39.0. The zero-order valence-electron chi connectivity index (χ0n) is 13.5. The van der Waals surface area contributed by atoms with Crippen LogP contribution in [-0.4, -0.2) is 57.7 Å². The first kappa shape index (κ1) is 15.6. The van der Waals surface area contributed by atoms with Gasteiger partial charge in [0, 0.05) is 5.92 Å². The summed E-state index contributed by atoms with van der Waals surface area (Å²) in [5.41, 5.74) is -0.673. The number of carboxylic acids is 1. The average Bonchev–Trinajstić information content (AvgIpc) is 2.91. The minimum Gasteiger partial charge on any atom is -0.480 e. The molecule has 1 amide bonds. The van der Waals surface area contributed by atoms with E-state index in [9.17, 15) is 14.7 Å². The van der Waals surface area contributed by atoms with Crippen LogP contribution in [0.15, 0.2) is 0 Å². The Hall–Kier alpha value is -1.34. The summed E-state index contributed by atoms with van der Waals surface area (Å²) < 4.78 is 17.1. The largest absolute Gasteiger partial charge is 0.480 e. The van der Waals surface area contributed by atoms with Gasteiger partial charge in [0.25, 0.3) is 0 Å². The third-order valence-corrected chi connectivity index (χ3v) is 4.40. The highest BCUT2D eigenvalue weighted by Crippen LogP contribution is 2.51. The fourth-order valence-corrected chi connectivity index (χ4v) is 3.85. The van der Waals surface area contributed by atoms with E-state index in [2.05, 4.69) is 0 Å². The van der Waals surface area contributed by atoms with E-state index in [0.717, 1.165) is 0 Å². The van der Waals surface area contributed by atoms with Crippen LogP contribution >= 0.6 is 0 Å². The number of ether oxygens (including phenoxy) is 3. The average molecular weight is 313 g/mol. The maximum atomic E-state index is 12.5. The molecular formula is C15H23NO6. The molecule has 3 rings (SSSR count). The number of rotatable bonds is 1. The molecule has 0 aromatic carbocycles. The van der Waals surface area contributed by atoms with Crippen LogP contribution in [0.25, 0.3) is 0 Å². The summed E-state index contributed by atoms with van der Waals surface area (Å²) in [6.45, 7) is 8.89. The van der Waals surface area contributed by atoms with Crippen molar-refractivity contribution in [2.45, 2.75) is 76.7 Å².